The largest absolute Gasteiger partial charge is 0.399 e. The number of hydrogen-bond acceptors (Lipinski definition) is 7. The number of alkyl halides is 2. The highest BCUT2D eigenvalue weighted by molar-refractivity contribution is 7.52. The number of nitrogens with zero attached hydrogens (tertiary/aromatic N) is 4. The number of carbonyl (C=O) groups excluding carboxylic acids is 3. The molecule has 1 aliphatic carbocycles. The predicted octanol–water partition coefficient (Wildman–Crippen LogP) is 3.43. The Morgan fingerprint density at radius 1 is 1.05 bits per heavy atom. The van der Waals surface area contributed by atoms with Gasteiger partial charge in [-0.3, -0.25) is 18.9 Å². The maximum absolute atomic E-state index is 14.3. The minimum absolute atomic E-state index is 0.0656. The van der Waals surface area contributed by atoms with Crippen molar-refractivity contribution in [2.75, 3.05) is 13.1 Å². The Balaban J connectivity index is 1.08. The Hall–Kier alpha value is -3.32. The molecular weight excluding hydrogens is 615 g/mol. The highest BCUT2D eigenvalue weighted by atomic mass is 32.1. The summed E-state index contributed by atoms with van der Waals surface area (Å²) in [5, 5.41) is 3.10. The molecule has 1 saturated carbocycles. The lowest BCUT2D eigenvalue weighted by Crippen LogP contribution is -2.59. The third-order valence-electron chi connectivity index (χ3n) is 9.53. The highest BCUT2D eigenvalue weighted by Crippen LogP contribution is 2.59. The minimum atomic E-state index is -5.75. The summed E-state index contributed by atoms with van der Waals surface area (Å²) >= 11 is 1.03. The molecular formula is C29H30F2N5O6PS. The van der Waals surface area contributed by atoms with E-state index < -0.39 is 36.8 Å². The van der Waals surface area contributed by atoms with Crippen LogP contribution >= 0.6 is 18.9 Å². The molecule has 0 bridgehead atoms. The number of fused-ring (bicyclic) bond motifs is 3. The van der Waals surface area contributed by atoms with Crippen molar-refractivity contribution in [2.24, 2.45) is 11.8 Å². The Morgan fingerprint density at radius 2 is 1.77 bits per heavy atom. The summed E-state index contributed by atoms with van der Waals surface area (Å²) in [5.41, 5.74) is -4.25. The summed E-state index contributed by atoms with van der Waals surface area (Å²) in [6, 6.07) is 3.08. The number of halogens is 2. The van der Waals surface area contributed by atoms with Crippen molar-refractivity contribution in [3.8, 4) is 0 Å². The number of hydrogen-bond donors (Lipinski definition) is 3. The molecule has 4 aliphatic rings. The molecule has 11 nitrogen and oxygen atoms in total. The summed E-state index contributed by atoms with van der Waals surface area (Å²) < 4.78 is 40.4. The van der Waals surface area contributed by atoms with Crippen LogP contribution in [0.2, 0.25) is 0 Å². The van der Waals surface area contributed by atoms with Gasteiger partial charge in [-0.1, -0.05) is 6.07 Å². The first-order chi connectivity index (χ1) is 20.9. The Morgan fingerprint density at radius 3 is 2.50 bits per heavy atom. The molecule has 0 radical (unpaired) electrons. The molecule has 3 aromatic rings. The van der Waals surface area contributed by atoms with E-state index in [1.165, 1.54) is 18.5 Å². The van der Waals surface area contributed by atoms with Crippen LogP contribution in [0.25, 0.3) is 10.1 Å². The lowest BCUT2D eigenvalue weighted by atomic mass is 9.92. The third-order valence-corrected chi connectivity index (χ3v) is 11.6. The predicted molar refractivity (Wildman–Crippen MR) is 155 cm³/mol. The fourth-order valence-electron chi connectivity index (χ4n) is 6.97. The fourth-order valence-corrected chi connectivity index (χ4v) is 8.39. The molecule has 44 heavy (non-hydrogen) atoms. The van der Waals surface area contributed by atoms with Crippen molar-refractivity contribution in [2.45, 2.75) is 61.8 Å². The normalized spacial score (nSPS) is 27.3. The molecule has 15 heteroatoms. The quantitative estimate of drug-likeness (QED) is 0.345. The third kappa shape index (κ3) is 5.11. The highest BCUT2D eigenvalue weighted by Gasteiger charge is 2.53. The molecule has 3 saturated heterocycles. The van der Waals surface area contributed by atoms with Gasteiger partial charge in [0.2, 0.25) is 11.8 Å². The second kappa shape index (κ2) is 10.6. The zero-order chi connectivity index (χ0) is 31.0. The average molecular weight is 646 g/mol. The van der Waals surface area contributed by atoms with E-state index in [2.05, 4.69) is 15.3 Å². The maximum Gasteiger partial charge on any atom is 0.399 e. The number of carbonyl (C=O) groups is 3. The fraction of sp³-hybridized carbons (Fsp3) is 0.483. The second-order valence-electron chi connectivity index (χ2n) is 12.3. The van der Waals surface area contributed by atoms with E-state index in [9.17, 15) is 27.7 Å². The van der Waals surface area contributed by atoms with Crippen LogP contribution in [0.1, 0.15) is 58.8 Å². The molecule has 1 aromatic carbocycles. The van der Waals surface area contributed by atoms with Crippen LogP contribution in [0.4, 0.5) is 8.78 Å². The van der Waals surface area contributed by atoms with Crippen molar-refractivity contribution in [1.29, 1.82) is 0 Å². The number of thiophene rings is 1. The zero-order valence-electron chi connectivity index (χ0n) is 23.4. The van der Waals surface area contributed by atoms with Crippen LogP contribution in [0.5, 0.6) is 0 Å². The van der Waals surface area contributed by atoms with E-state index in [0.29, 0.717) is 42.5 Å². The van der Waals surface area contributed by atoms with Crippen molar-refractivity contribution in [3.63, 3.8) is 0 Å². The summed E-state index contributed by atoms with van der Waals surface area (Å²) in [4.78, 5) is 71.0. The topological polar surface area (TPSA) is 153 Å². The van der Waals surface area contributed by atoms with Crippen molar-refractivity contribution < 1.29 is 37.5 Å². The van der Waals surface area contributed by atoms with Gasteiger partial charge in [0.15, 0.2) is 0 Å². The van der Waals surface area contributed by atoms with E-state index in [1.54, 1.807) is 22.2 Å². The number of likely N-dealkylation sites (tertiary alicyclic amines) is 1. The molecule has 5 atom stereocenters. The molecule has 232 valence electrons. The van der Waals surface area contributed by atoms with Crippen molar-refractivity contribution >= 4 is 46.7 Å². The smallest absolute Gasteiger partial charge is 0.340 e. The van der Waals surface area contributed by atoms with Crippen LogP contribution in [-0.2, 0) is 19.8 Å². The van der Waals surface area contributed by atoms with Crippen LogP contribution < -0.4 is 5.32 Å². The van der Waals surface area contributed by atoms with E-state index in [-0.39, 0.29) is 34.0 Å². The van der Waals surface area contributed by atoms with Crippen molar-refractivity contribution in [3.05, 3.63) is 59.0 Å². The molecule has 0 spiro atoms. The van der Waals surface area contributed by atoms with Crippen LogP contribution in [0.3, 0.4) is 0 Å². The number of benzene rings is 1. The van der Waals surface area contributed by atoms with Crippen LogP contribution in [-0.4, -0.2) is 78.5 Å². The molecule has 7 rings (SSSR count). The lowest BCUT2D eigenvalue weighted by molar-refractivity contribution is -0.149. The van der Waals surface area contributed by atoms with Crippen LogP contribution in [0.15, 0.2) is 43.0 Å². The second-order valence-corrected chi connectivity index (χ2v) is 15.0. The molecule has 3 aliphatic heterocycles. The van der Waals surface area contributed by atoms with E-state index in [4.69, 9.17) is 9.79 Å². The molecule has 2 aromatic heterocycles. The van der Waals surface area contributed by atoms with Gasteiger partial charge in [0, 0.05) is 47.7 Å². The van der Waals surface area contributed by atoms with Gasteiger partial charge < -0.3 is 24.9 Å². The molecule has 3 N–H and O–H groups in total. The Bertz CT molecular complexity index is 1700. The number of rotatable bonds is 6. The van der Waals surface area contributed by atoms with Gasteiger partial charge in [0.05, 0.1) is 4.88 Å². The van der Waals surface area contributed by atoms with Gasteiger partial charge in [-0.15, -0.1) is 11.3 Å². The molecule has 5 heterocycles. The monoisotopic (exact) mass is 645 g/mol. The van der Waals surface area contributed by atoms with Gasteiger partial charge in [-0.05, 0) is 73.1 Å². The Labute approximate surface area is 254 Å². The average Bonchev–Trinajstić information content (AvgIpc) is 3.33. The van der Waals surface area contributed by atoms with Crippen LogP contribution in [0, 0.1) is 11.8 Å². The SMILES string of the molecule is O=C(N[C@H]1C[C@@H]2C[C@@H]2C[C@H]2CC[C@@H](C(=O)N3CC(c4cncnc4)C3)N2C1=O)c1cc2cc(C(F)(F)P(=O)(O)O)ccc2s1. The number of aromatic nitrogens is 2. The van der Waals surface area contributed by atoms with Gasteiger partial charge in [-0.2, -0.15) is 8.78 Å². The minimum Gasteiger partial charge on any atom is -0.340 e. The van der Waals surface area contributed by atoms with Gasteiger partial charge in [0.1, 0.15) is 18.4 Å². The van der Waals surface area contributed by atoms with Gasteiger partial charge in [0.25, 0.3) is 5.91 Å². The first kappa shape index (κ1) is 29.4. The van der Waals surface area contributed by atoms with Crippen molar-refractivity contribution in [1.82, 2.24) is 25.1 Å². The summed E-state index contributed by atoms with van der Waals surface area (Å²) in [6.45, 7) is 1.07. The summed E-state index contributed by atoms with van der Waals surface area (Å²) in [5.74, 6) is 0.00101. The summed E-state index contributed by atoms with van der Waals surface area (Å²) in [6.07, 6.45) is 8.54. The molecule has 3 amide bonds. The van der Waals surface area contributed by atoms with E-state index >= 15 is 0 Å². The first-order valence-corrected chi connectivity index (χ1v) is 17.0. The molecule has 4 fully saturated rings. The standard InChI is InChI=1S/C29H30F2N5O6PS/c30-29(31,43(40,41)42)20-1-4-24-17(6-20)9-25(44-24)26(37)34-22-8-16-5-15(16)7-21-2-3-23(36(21)27(22)38)28(39)35-12-19(13-35)18-10-32-14-33-11-18/h1,4,6,9-11,14-16,19,21-23H,2-3,5,7-8,12-13H2,(H,34,37)(H2,40,41,42)/t15-,16+,21-,22+,23+/m1/s1. The first-order valence-electron chi connectivity index (χ1n) is 14.5. The van der Waals surface area contributed by atoms with E-state index in [1.807, 2.05) is 0 Å². The van der Waals surface area contributed by atoms with E-state index in [0.717, 1.165) is 48.3 Å². The zero-order valence-corrected chi connectivity index (χ0v) is 25.1. The van der Waals surface area contributed by atoms with Gasteiger partial charge >= 0.3 is 13.3 Å². The summed E-state index contributed by atoms with van der Waals surface area (Å²) in [7, 11) is -5.75. The number of nitrogens with one attached hydrogen (secondary N) is 1. The lowest BCUT2D eigenvalue weighted by Gasteiger charge is -2.43. The maximum atomic E-state index is 14.3. The number of amides is 3. The van der Waals surface area contributed by atoms with Gasteiger partial charge in [-0.25, -0.2) is 9.97 Å². The Kier molecular flexibility index (Phi) is 7.11. The molecule has 0 unspecified atom stereocenters.